The van der Waals surface area contributed by atoms with E-state index < -0.39 is 5.78 Å². The molecule has 0 saturated carbocycles. The van der Waals surface area contributed by atoms with Gasteiger partial charge in [-0.25, -0.2) is 0 Å². The van der Waals surface area contributed by atoms with Crippen LogP contribution < -0.4 is 28.4 Å². The molecule has 156 valence electrons. The third-order valence-electron chi connectivity index (χ3n) is 4.18. The van der Waals surface area contributed by atoms with Gasteiger partial charge in [-0.3, -0.25) is 4.79 Å². The van der Waals surface area contributed by atoms with Gasteiger partial charge in [-0.05, 0) is 24.3 Å². The van der Waals surface area contributed by atoms with Gasteiger partial charge in [0.15, 0.2) is 28.8 Å². The van der Waals surface area contributed by atoms with Crippen molar-refractivity contribution in [1.82, 2.24) is 0 Å². The fraction of sp³-hybridized carbons (Fsp3) is 0.286. The van der Waals surface area contributed by atoms with Gasteiger partial charge in [0.2, 0.25) is 11.5 Å². The van der Waals surface area contributed by atoms with Gasteiger partial charge < -0.3 is 33.5 Å². The van der Waals surface area contributed by atoms with Crippen molar-refractivity contribution in [3.05, 3.63) is 41.5 Å². The van der Waals surface area contributed by atoms with E-state index in [2.05, 4.69) is 0 Å². The molecule has 0 fully saturated rings. The molecule has 29 heavy (non-hydrogen) atoms. The van der Waals surface area contributed by atoms with Crippen molar-refractivity contribution in [1.29, 1.82) is 0 Å². The summed E-state index contributed by atoms with van der Waals surface area (Å²) < 4.78 is 31.6. The third kappa shape index (κ3) is 4.48. The highest BCUT2D eigenvalue weighted by molar-refractivity contribution is 6.08. The van der Waals surface area contributed by atoms with Crippen LogP contribution in [-0.4, -0.2) is 53.5 Å². The Morgan fingerprint density at radius 3 is 1.31 bits per heavy atom. The highest BCUT2D eigenvalue weighted by Gasteiger charge is 2.18. The Morgan fingerprint density at radius 1 is 0.655 bits per heavy atom. The summed E-state index contributed by atoms with van der Waals surface area (Å²) in [6.07, 6.45) is 1.08. The maximum absolute atomic E-state index is 12.7. The summed E-state index contributed by atoms with van der Waals surface area (Å²) in [6.45, 7) is 0. The monoisotopic (exact) mass is 404 g/mol. The molecule has 0 aliphatic carbocycles. The molecule has 8 heteroatoms. The van der Waals surface area contributed by atoms with Crippen LogP contribution in [0.4, 0.5) is 0 Å². The number of ketones is 1. The van der Waals surface area contributed by atoms with E-state index in [-0.39, 0.29) is 11.3 Å². The summed E-state index contributed by atoms with van der Waals surface area (Å²) in [5.74, 6) is 1.36. The molecule has 0 unspecified atom stereocenters. The summed E-state index contributed by atoms with van der Waals surface area (Å²) in [5.41, 5.74) is 0.568. The number of methoxy groups -OCH3 is 6. The highest BCUT2D eigenvalue weighted by Crippen LogP contribution is 2.40. The second kappa shape index (κ2) is 9.59. The number of hydrogen-bond donors (Lipinski definition) is 1. The second-order valence-corrected chi connectivity index (χ2v) is 5.72. The molecule has 1 N–H and O–H groups in total. The lowest BCUT2D eigenvalue weighted by atomic mass is 10.1. The van der Waals surface area contributed by atoms with Crippen molar-refractivity contribution < 1.29 is 38.3 Å². The first kappa shape index (κ1) is 21.7. The molecule has 0 atom stereocenters. The molecule has 0 radical (unpaired) electrons. The van der Waals surface area contributed by atoms with Crippen LogP contribution in [0.25, 0.3) is 5.76 Å². The zero-order valence-electron chi connectivity index (χ0n) is 17.2. The summed E-state index contributed by atoms with van der Waals surface area (Å²) in [4.78, 5) is 12.7. The van der Waals surface area contributed by atoms with Gasteiger partial charge in [0.1, 0.15) is 5.76 Å². The first-order valence-electron chi connectivity index (χ1n) is 8.49. The Labute approximate surface area is 169 Å². The number of carbonyl (C=O) groups excluding carboxylic acids is 1. The number of aliphatic hydroxyl groups excluding tert-OH is 1. The number of carbonyl (C=O) groups is 1. The molecule has 0 spiro atoms. The van der Waals surface area contributed by atoms with Crippen LogP contribution in [0.15, 0.2) is 30.3 Å². The summed E-state index contributed by atoms with van der Waals surface area (Å²) in [7, 11) is 8.77. The lowest BCUT2D eigenvalue weighted by Crippen LogP contribution is -2.02. The highest BCUT2D eigenvalue weighted by atomic mass is 16.5. The maximum Gasteiger partial charge on any atom is 0.203 e. The van der Waals surface area contributed by atoms with Gasteiger partial charge in [-0.15, -0.1) is 0 Å². The SMILES string of the molecule is COc1cc(C(=O)/C=C(\O)c2cc(OC)c(OC)c(OC)c2)cc(OC)c1OC. The van der Waals surface area contributed by atoms with Gasteiger partial charge in [0.05, 0.1) is 42.7 Å². The Morgan fingerprint density at radius 2 is 1.00 bits per heavy atom. The zero-order chi connectivity index (χ0) is 21.6. The van der Waals surface area contributed by atoms with E-state index in [0.29, 0.717) is 40.1 Å². The summed E-state index contributed by atoms with van der Waals surface area (Å²) >= 11 is 0. The van der Waals surface area contributed by atoms with Crippen LogP contribution in [0.1, 0.15) is 15.9 Å². The lowest BCUT2D eigenvalue weighted by molar-refractivity contribution is 0.104. The number of hydrogen-bond acceptors (Lipinski definition) is 8. The van der Waals surface area contributed by atoms with Crippen molar-refractivity contribution in [2.75, 3.05) is 42.7 Å². The smallest absolute Gasteiger partial charge is 0.203 e. The quantitative estimate of drug-likeness (QED) is 0.386. The van der Waals surface area contributed by atoms with Crippen LogP contribution in [-0.2, 0) is 0 Å². The molecule has 0 aromatic heterocycles. The van der Waals surface area contributed by atoms with E-state index in [9.17, 15) is 9.90 Å². The van der Waals surface area contributed by atoms with Gasteiger partial charge in [-0.1, -0.05) is 0 Å². The molecule has 0 heterocycles. The summed E-state index contributed by atoms with van der Waals surface area (Å²) in [6, 6.07) is 6.08. The molecule has 2 aromatic carbocycles. The largest absolute Gasteiger partial charge is 0.507 e. The van der Waals surface area contributed by atoms with E-state index in [4.69, 9.17) is 28.4 Å². The molecule has 2 rings (SSSR count). The fourth-order valence-electron chi connectivity index (χ4n) is 2.74. The van der Waals surface area contributed by atoms with E-state index in [0.717, 1.165) is 6.08 Å². The molecular formula is C21H24O8. The Hall–Kier alpha value is -3.55. The molecule has 0 aliphatic heterocycles. The van der Waals surface area contributed by atoms with Crippen molar-refractivity contribution >= 4 is 11.5 Å². The van der Waals surface area contributed by atoms with E-state index in [1.54, 1.807) is 0 Å². The standard InChI is InChI=1S/C21H24O8/c1-24-16-7-12(8-17(25-2)20(16)28-5)14(22)11-15(23)13-9-18(26-3)21(29-6)19(10-13)27-4/h7-11,22H,1-6H3/b14-11-. The maximum atomic E-state index is 12.7. The van der Waals surface area contributed by atoms with Crippen molar-refractivity contribution in [2.24, 2.45) is 0 Å². The first-order chi connectivity index (χ1) is 13.9. The van der Waals surface area contributed by atoms with Crippen LogP contribution >= 0.6 is 0 Å². The Kier molecular flexibility index (Phi) is 7.19. The van der Waals surface area contributed by atoms with Crippen molar-refractivity contribution in [3.8, 4) is 34.5 Å². The molecule has 0 bridgehead atoms. The third-order valence-corrected chi connectivity index (χ3v) is 4.18. The number of aliphatic hydroxyl groups is 1. The Bertz CT molecular complexity index is 867. The topological polar surface area (TPSA) is 92.7 Å². The lowest BCUT2D eigenvalue weighted by Gasteiger charge is -2.14. The number of allylic oxidation sites excluding steroid dienone is 1. The van der Waals surface area contributed by atoms with Crippen molar-refractivity contribution in [2.45, 2.75) is 0 Å². The molecular weight excluding hydrogens is 380 g/mol. The van der Waals surface area contributed by atoms with Gasteiger partial charge >= 0.3 is 0 Å². The predicted octanol–water partition coefficient (Wildman–Crippen LogP) is 3.52. The molecule has 0 saturated heterocycles. The Balaban J connectivity index is 2.48. The number of benzene rings is 2. The first-order valence-corrected chi connectivity index (χ1v) is 8.49. The minimum absolute atomic E-state index is 0.249. The molecule has 0 amide bonds. The van der Waals surface area contributed by atoms with Crippen LogP contribution in [0.3, 0.4) is 0 Å². The van der Waals surface area contributed by atoms with E-state index in [1.165, 1.54) is 66.9 Å². The summed E-state index contributed by atoms with van der Waals surface area (Å²) in [5, 5.41) is 10.5. The average Bonchev–Trinajstić information content (AvgIpc) is 2.76. The van der Waals surface area contributed by atoms with E-state index in [1.807, 2.05) is 0 Å². The molecule has 8 nitrogen and oxygen atoms in total. The van der Waals surface area contributed by atoms with Crippen LogP contribution in [0, 0.1) is 0 Å². The normalized spacial score (nSPS) is 10.9. The minimum atomic E-state index is -0.462. The average molecular weight is 404 g/mol. The van der Waals surface area contributed by atoms with Crippen LogP contribution in [0.2, 0.25) is 0 Å². The van der Waals surface area contributed by atoms with Gasteiger partial charge in [-0.2, -0.15) is 0 Å². The second-order valence-electron chi connectivity index (χ2n) is 5.72. The molecule has 0 aliphatic rings. The fourth-order valence-corrected chi connectivity index (χ4v) is 2.74. The number of rotatable bonds is 9. The zero-order valence-corrected chi connectivity index (χ0v) is 17.2. The predicted molar refractivity (Wildman–Crippen MR) is 107 cm³/mol. The molecule has 2 aromatic rings. The van der Waals surface area contributed by atoms with Crippen LogP contribution in [0.5, 0.6) is 34.5 Å². The number of ether oxygens (including phenoxy) is 6. The van der Waals surface area contributed by atoms with E-state index >= 15 is 0 Å². The van der Waals surface area contributed by atoms with Crippen molar-refractivity contribution in [3.63, 3.8) is 0 Å². The van der Waals surface area contributed by atoms with Gasteiger partial charge in [0, 0.05) is 17.2 Å². The van der Waals surface area contributed by atoms with Gasteiger partial charge in [0.25, 0.3) is 0 Å². The minimum Gasteiger partial charge on any atom is -0.507 e.